The van der Waals surface area contributed by atoms with Gasteiger partial charge in [0.25, 0.3) is 0 Å². The summed E-state index contributed by atoms with van der Waals surface area (Å²) in [5.41, 5.74) is 0.129. The fraction of sp³-hybridized carbons (Fsp3) is 1.00. The molecule has 0 saturated carbocycles. The number of hydrogen-bond donors (Lipinski definition) is 1. The summed E-state index contributed by atoms with van der Waals surface area (Å²) in [6.07, 6.45) is 5.84. The Labute approximate surface area is 112 Å². The van der Waals surface area contributed by atoms with Gasteiger partial charge in [-0.15, -0.1) is 0 Å². The van der Waals surface area contributed by atoms with Crippen LogP contribution in [-0.2, 0) is 9.47 Å². The number of rotatable bonds is 4. The van der Waals surface area contributed by atoms with Crippen molar-refractivity contribution in [1.29, 1.82) is 0 Å². The molecule has 0 amide bonds. The van der Waals surface area contributed by atoms with Crippen molar-refractivity contribution in [2.24, 2.45) is 11.8 Å². The molecule has 106 valence electrons. The minimum Gasteiger partial charge on any atom is -0.381 e. The zero-order valence-electron chi connectivity index (χ0n) is 12.2. The van der Waals surface area contributed by atoms with Crippen molar-refractivity contribution >= 4 is 0 Å². The van der Waals surface area contributed by atoms with E-state index in [9.17, 15) is 0 Å². The second kappa shape index (κ2) is 6.36. The predicted octanol–water partition coefficient (Wildman–Crippen LogP) is 2.60. The van der Waals surface area contributed by atoms with Crippen LogP contribution in [0.4, 0.5) is 0 Å². The van der Waals surface area contributed by atoms with E-state index in [4.69, 9.17) is 9.47 Å². The first-order valence-corrected chi connectivity index (χ1v) is 7.60. The summed E-state index contributed by atoms with van der Waals surface area (Å²) in [6.45, 7) is 7.34. The zero-order valence-corrected chi connectivity index (χ0v) is 12.2. The van der Waals surface area contributed by atoms with Gasteiger partial charge in [0.05, 0.1) is 5.60 Å². The Morgan fingerprint density at radius 2 is 2.00 bits per heavy atom. The number of nitrogens with one attached hydrogen (secondary N) is 1. The Bertz CT molecular complexity index is 245. The molecule has 2 saturated heterocycles. The summed E-state index contributed by atoms with van der Waals surface area (Å²) in [5.74, 6) is 1.51. The van der Waals surface area contributed by atoms with Crippen molar-refractivity contribution in [3.63, 3.8) is 0 Å². The molecule has 0 aromatic carbocycles. The molecule has 0 aliphatic carbocycles. The molecule has 3 atom stereocenters. The number of ether oxygens (including phenoxy) is 2. The van der Waals surface area contributed by atoms with E-state index in [-0.39, 0.29) is 5.60 Å². The minimum absolute atomic E-state index is 0.129. The molecule has 0 radical (unpaired) electrons. The molecule has 2 rings (SSSR count). The molecule has 0 bridgehead atoms. The molecular weight excluding hydrogens is 226 g/mol. The fourth-order valence-corrected chi connectivity index (χ4v) is 3.70. The summed E-state index contributed by atoms with van der Waals surface area (Å²) in [6, 6.07) is 0.638. The van der Waals surface area contributed by atoms with Gasteiger partial charge in [0.2, 0.25) is 0 Å². The van der Waals surface area contributed by atoms with Gasteiger partial charge in [0.15, 0.2) is 0 Å². The normalized spacial score (nSPS) is 31.2. The van der Waals surface area contributed by atoms with E-state index < -0.39 is 0 Å². The standard InChI is InChI=1S/C15H29NO2/c1-4-12(2)14(16-3)13-5-8-18-15(11-13)6-9-17-10-7-15/h12-14,16H,4-11H2,1-3H3. The highest BCUT2D eigenvalue weighted by Crippen LogP contribution is 2.39. The van der Waals surface area contributed by atoms with Gasteiger partial charge in [-0.3, -0.25) is 0 Å². The summed E-state index contributed by atoms with van der Waals surface area (Å²) < 4.78 is 11.6. The fourth-order valence-electron chi connectivity index (χ4n) is 3.70. The van der Waals surface area contributed by atoms with E-state index in [1.54, 1.807) is 0 Å². The van der Waals surface area contributed by atoms with Crippen LogP contribution < -0.4 is 5.32 Å². The quantitative estimate of drug-likeness (QED) is 0.837. The van der Waals surface area contributed by atoms with Crippen molar-refractivity contribution in [2.45, 2.75) is 57.6 Å². The van der Waals surface area contributed by atoms with Crippen molar-refractivity contribution in [3.05, 3.63) is 0 Å². The minimum atomic E-state index is 0.129. The highest BCUT2D eigenvalue weighted by atomic mass is 16.5. The first kappa shape index (κ1) is 14.3. The molecule has 2 aliphatic rings. The van der Waals surface area contributed by atoms with Gasteiger partial charge >= 0.3 is 0 Å². The first-order valence-electron chi connectivity index (χ1n) is 7.60. The maximum Gasteiger partial charge on any atom is 0.0729 e. The predicted molar refractivity (Wildman–Crippen MR) is 73.8 cm³/mol. The lowest BCUT2D eigenvalue weighted by molar-refractivity contribution is -0.151. The van der Waals surface area contributed by atoms with Gasteiger partial charge < -0.3 is 14.8 Å². The molecule has 3 nitrogen and oxygen atoms in total. The van der Waals surface area contributed by atoms with Crippen LogP contribution in [0.2, 0.25) is 0 Å². The Morgan fingerprint density at radius 3 is 2.61 bits per heavy atom. The first-order chi connectivity index (χ1) is 8.71. The summed E-state index contributed by atoms with van der Waals surface area (Å²) in [7, 11) is 2.11. The topological polar surface area (TPSA) is 30.5 Å². The molecular formula is C15H29NO2. The molecule has 3 unspecified atom stereocenters. The Balaban J connectivity index is 2.00. The van der Waals surface area contributed by atoms with Crippen LogP contribution in [0.25, 0.3) is 0 Å². The summed E-state index contributed by atoms with van der Waals surface area (Å²) in [4.78, 5) is 0. The molecule has 0 aromatic rings. The average molecular weight is 255 g/mol. The SMILES string of the molecule is CCC(C)C(NC)C1CCOC2(CCOCC2)C1. The van der Waals surface area contributed by atoms with Crippen LogP contribution in [0.1, 0.15) is 46.0 Å². The molecule has 1 spiro atoms. The molecule has 18 heavy (non-hydrogen) atoms. The van der Waals surface area contributed by atoms with Gasteiger partial charge in [0, 0.05) is 25.9 Å². The third kappa shape index (κ3) is 3.06. The summed E-state index contributed by atoms with van der Waals surface area (Å²) >= 11 is 0. The van der Waals surface area contributed by atoms with Gasteiger partial charge in [-0.2, -0.15) is 0 Å². The molecule has 1 N–H and O–H groups in total. The van der Waals surface area contributed by atoms with E-state index in [0.717, 1.165) is 44.5 Å². The van der Waals surface area contributed by atoms with Gasteiger partial charge in [-0.25, -0.2) is 0 Å². The van der Waals surface area contributed by atoms with Crippen LogP contribution >= 0.6 is 0 Å². The Hall–Kier alpha value is -0.120. The lowest BCUT2D eigenvalue weighted by Crippen LogP contribution is -2.50. The van der Waals surface area contributed by atoms with Crippen molar-refractivity contribution < 1.29 is 9.47 Å². The van der Waals surface area contributed by atoms with Crippen LogP contribution in [0.5, 0.6) is 0 Å². The second-order valence-corrected chi connectivity index (χ2v) is 6.10. The van der Waals surface area contributed by atoms with E-state index in [1.165, 1.54) is 19.3 Å². The van der Waals surface area contributed by atoms with Crippen molar-refractivity contribution in [3.8, 4) is 0 Å². The van der Waals surface area contributed by atoms with Crippen molar-refractivity contribution in [2.75, 3.05) is 26.9 Å². The maximum absolute atomic E-state index is 6.14. The average Bonchev–Trinajstić information content (AvgIpc) is 2.40. The molecule has 3 heteroatoms. The van der Waals surface area contributed by atoms with Gasteiger partial charge in [-0.05, 0) is 44.6 Å². The van der Waals surface area contributed by atoms with Gasteiger partial charge in [-0.1, -0.05) is 20.3 Å². The maximum atomic E-state index is 6.14. The van der Waals surface area contributed by atoms with Crippen molar-refractivity contribution in [1.82, 2.24) is 5.32 Å². The lowest BCUT2D eigenvalue weighted by Gasteiger charge is -2.46. The van der Waals surface area contributed by atoms with Gasteiger partial charge in [0.1, 0.15) is 0 Å². The lowest BCUT2D eigenvalue weighted by atomic mass is 9.74. The van der Waals surface area contributed by atoms with Crippen LogP contribution in [0.3, 0.4) is 0 Å². The molecule has 2 aliphatic heterocycles. The number of hydrogen-bond acceptors (Lipinski definition) is 3. The Kier molecular flexibility index (Phi) is 5.05. The van der Waals surface area contributed by atoms with E-state index in [0.29, 0.717) is 6.04 Å². The third-order valence-corrected chi connectivity index (χ3v) is 5.03. The van der Waals surface area contributed by atoms with Crippen LogP contribution in [-0.4, -0.2) is 38.5 Å². The second-order valence-electron chi connectivity index (χ2n) is 6.10. The Morgan fingerprint density at radius 1 is 1.28 bits per heavy atom. The zero-order chi connectivity index (χ0) is 13.0. The molecule has 2 fully saturated rings. The smallest absolute Gasteiger partial charge is 0.0729 e. The highest BCUT2D eigenvalue weighted by molar-refractivity contribution is 4.93. The van der Waals surface area contributed by atoms with E-state index >= 15 is 0 Å². The monoisotopic (exact) mass is 255 g/mol. The van der Waals surface area contributed by atoms with E-state index in [1.807, 2.05) is 0 Å². The largest absolute Gasteiger partial charge is 0.381 e. The summed E-state index contributed by atoms with van der Waals surface area (Å²) in [5, 5.41) is 3.56. The van der Waals surface area contributed by atoms with Crippen LogP contribution in [0, 0.1) is 11.8 Å². The van der Waals surface area contributed by atoms with E-state index in [2.05, 4.69) is 26.2 Å². The third-order valence-electron chi connectivity index (χ3n) is 5.03. The van der Waals surface area contributed by atoms with Crippen LogP contribution in [0.15, 0.2) is 0 Å². The molecule has 2 heterocycles. The highest BCUT2D eigenvalue weighted by Gasteiger charge is 2.41. The molecule has 0 aromatic heterocycles.